The number of nitrogens with one attached hydrogen (secondary N) is 1. The highest BCUT2D eigenvalue weighted by atomic mass is 35.5. The highest BCUT2D eigenvalue weighted by Crippen LogP contribution is 2.16. The maximum absolute atomic E-state index is 6.02. The third-order valence-corrected chi connectivity index (χ3v) is 3.46. The van der Waals surface area contributed by atoms with E-state index in [1.807, 2.05) is 37.4 Å². The van der Waals surface area contributed by atoms with Crippen LogP contribution in [0.3, 0.4) is 0 Å². The molecule has 2 aromatic rings. The van der Waals surface area contributed by atoms with Crippen LogP contribution in [-0.2, 0) is 0 Å². The van der Waals surface area contributed by atoms with E-state index in [1.165, 1.54) is 11.3 Å². The summed E-state index contributed by atoms with van der Waals surface area (Å²) in [6.45, 7) is 3.92. The van der Waals surface area contributed by atoms with Gasteiger partial charge in [0.25, 0.3) is 0 Å². The molecule has 0 atom stereocenters. The molecule has 0 saturated carbocycles. The van der Waals surface area contributed by atoms with Crippen molar-refractivity contribution in [3.8, 4) is 0 Å². The first-order valence-corrected chi connectivity index (χ1v) is 6.38. The minimum absolute atomic E-state index is 0.749. The van der Waals surface area contributed by atoms with Crippen molar-refractivity contribution in [2.24, 2.45) is 5.10 Å². The van der Waals surface area contributed by atoms with Crippen LogP contribution < -0.4 is 5.43 Å². The molecule has 0 amide bonds. The van der Waals surface area contributed by atoms with E-state index < -0.39 is 0 Å². The highest BCUT2D eigenvalue weighted by Gasteiger charge is 1.96. The zero-order valence-electron chi connectivity index (χ0n) is 9.57. The molecule has 0 radical (unpaired) electrons. The quantitative estimate of drug-likeness (QED) is 0.676. The first-order chi connectivity index (χ1) is 8.15. The molecule has 0 unspecified atom stereocenters. The molecular weight excluding hydrogens is 254 g/mol. The number of aryl methyl sites for hydroxylation is 2. The van der Waals surface area contributed by atoms with E-state index in [9.17, 15) is 0 Å². The van der Waals surface area contributed by atoms with Crippen molar-refractivity contribution < 1.29 is 0 Å². The molecule has 17 heavy (non-hydrogen) atoms. The summed E-state index contributed by atoms with van der Waals surface area (Å²) in [6.07, 6.45) is 1.72. The Hall–Kier alpha value is -1.39. The molecule has 0 saturated heterocycles. The predicted octanol–water partition coefficient (Wildman–Crippen LogP) is 3.86. The first-order valence-electron chi connectivity index (χ1n) is 5.12. The summed E-state index contributed by atoms with van der Waals surface area (Å²) in [5, 5.41) is 7.62. The van der Waals surface area contributed by atoms with E-state index in [1.54, 1.807) is 6.21 Å². The number of thiazole rings is 1. The molecule has 88 valence electrons. The van der Waals surface area contributed by atoms with E-state index in [2.05, 4.69) is 15.5 Å². The topological polar surface area (TPSA) is 37.3 Å². The summed E-state index contributed by atoms with van der Waals surface area (Å²) in [6, 6.07) is 5.83. The molecule has 0 spiro atoms. The summed E-state index contributed by atoms with van der Waals surface area (Å²) in [4.78, 5) is 4.24. The van der Waals surface area contributed by atoms with Crippen LogP contribution in [0.25, 0.3) is 0 Å². The lowest BCUT2D eigenvalue weighted by Gasteiger charge is -1.98. The van der Waals surface area contributed by atoms with Gasteiger partial charge < -0.3 is 0 Å². The van der Waals surface area contributed by atoms with Crippen molar-refractivity contribution in [1.82, 2.24) is 4.98 Å². The highest BCUT2D eigenvalue weighted by molar-refractivity contribution is 7.13. The number of anilines is 1. The number of hydrogen-bond acceptors (Lipinski definition) is 4. The Kier molecular flexibility index (Phi) is 3.76. The third-order valence-electron chi connectivity index (χ3n) is 2.19. The first kappa shape index (κ1) is 12.1. The van der Waals surface area contributed by atoms with E-state index in [4.69, 9.17) is 11.6 Å². The van der Waals surface area contributed by atoms with Crippen LogP contribution in [0.4, 0.5) is 5.13 Å². The van der Waals surface area contributed by atoms with Gasteiger partial charge in [-0.1, -0.05) is 23.7 Å². The van der Waals surface area contributed by atoms with Crippen molar-refractivity contribution in [3.05, 3.63) is 45.4 Å². The molecule has 0 aliphatic heterocycles. The maximum atomic E-state index is 6.02. The average Bonchev–Trinajstić information content (AvgIpc) is 2.70. The molecule has 5 heteroatoms. The molecule has 3 nitrogen and oxygen atoms in total. The molecular formula is C12H12ClN3S. The van der Waals surface area contributed by atoms with Gasteiger partial charge in [0.15, 0.2) is 0 Å². The molecule has 1 aromatic heterocycles. The average molecular weight is 266 g/mol. The second kappa shape index (κ2) is 5.29. The Morgan fingerprint density at radius 1 is 1.41 bits per heavy atom. The minimum atomic E-state index is 0.749. The van der Waals surface area contributed by atoms with Crippen LogP contribution in [0, 0.1) is 13.8 Å². The van der Waals surface area contributed by atoms with Crippen LogP contribution in [-0.4, -0.2) is 11.2 Å². The van der Waals surface area contributed by atoms with Crippen molar-refractivity contribution in [2.45, 2.75) is 13.8 Å². The summed E-state index contributed by atoms with van der Waals surface area (Å²) in [5.41, 5.74) is 5.90. The Balaban J connectivity index is 2.03. The molecule has 2 rings (SSSR count). The van der Waals surface area contributed by atoms with Crippen molar-refractivity contribution >= 4 is 34.3 Å². The number of benzene rings is 1. The van der Waals surface area contributed by atoms with Gasteiger partial charge in [-0.15, -0.1) is 11.3 Å². The summed E-state index contributed by atoms with van der Waals surface area (Å²) >= 11 is 7.55. The number of hydrazone groups is 1. The van der Waals surface area contributed by atoms with Crippen LogP contribution >= 0.6 is 22.9 Å². The standard InChI is InChI=1S/C12H12ClN3S/c1-8-3-4-10(5-11(8)13)6-14-16-12-15-9(2)7-17-12/h3-7H,1-2H3,(H,15,16). The smallest absolute Gasteiger partial charge is 0.203 e. The van der Waals surface area contributed by atoms with Crippen LogP contribution in [0.1, 0.15) is 16.8 Å². The van der Waals surface area contributed by atoms with Gasteiger partial charge in [-0.3, -0.25) is 5.43 Å². The monoisotopic (exact) mass is 265 g/mol. The predicted molar refractivity (Wildman–Crippen MR) is 74.3 cm³/mol. The number of rotatable bonds is 3. The number of hydrogen-bond donors (Lipinski definition) is 1. The SMILES string of the molecule is Cc1csc(NN=Cc2ccc(C)c(Cl)c2)n1. The van der Waals surface area contributed by atoms with Gasteiger partial charge in [0, 0.05) is 10.4 Å². The lowest BCUT2D eigenvalue weighted by molar-refractivity contribution is 1.22. The van der Waals surface area contributed by atoms with Crippen LogP contribution in [0.5, 0.6) is 0 Å². The summed E-state index contributed by atoms with van der Waals surface area (Å²) in [7, 11) is 0. The van der Waals surface area contributed by atoms with E-state index in [0.717, 1.165) is 27.0 Å². The van der Waals surface area contributed by atoms with Gasteiger partial charge in [0.05, 0.1) is 11.9 Å². The van der Waals surface area contributed by atoms with E-state index in [-0.39, 0.29) is 0 Å². The van der Waals surface area contributed by atoms with Crippen molar-refractivity contribution in [3.63, 3.8) is 0 Å². The second-order valence-electron chi connectivity index (χ2n) is 3.67. The summed E-state index contributed by atoms with van der Waals surface area (Å²) in [5.74, 6) is 0. The van der Waals surface area contributed by atoms with Gasteiger partial charge in [-0.05, 0) is 31.0 Å². The molecule has 0 fully saturated rings. The maximum Gasteiger partial charge on any atom is 0.203 e. The fourth-order valence-corrected chi connectivity index (χ4v) is 2.08. The largest absolute Gasteiger partial charge is 0.253 e. The lowest BCUT2D eigenvalue weighted by Crippen LogP contribution is -1.90. The Bertz CT molecular complexity index is 548. The third kappa shape index (κ3) is 3.28. The van der Waals surface area contributed by atoms with Gasteiger partial charge in [-0.25, -0.2) is 4.98 Å². The molecule has 0 bridgehead atoms. The van der Waals surface area contributed by atoms with Crippen LogP contribution in [0.2, 0.25) is 5.02 Å². The van der Waals surface area contributed by atoms with Crippen LogP contribution in [0.15, 0.2) is 28.7 Å². The van der Waals surface area contributed by atoms with Gasteiger partial charge in [0.1, 0.15) is 0 Å². The summed E-state index contributed by atoms with van der Waals surface area (Å²) < 4.78 is 0. The fraction of sp³-hybridized carbons (Fsp3) is 0.167. The zero-order chi connectivity index (χ0) is 12.3. The number of aromatic nitrogens is 1. The van der Waals surface area contributed by atoms with Crippen molar-refractivity contribution in [2.75, 3.05) is 5.43 Å². The van der Waals surface area contributed by atoms with Gasteiger partial charge >= 0.3 is 0 Å². The molecule has 1 N–H and O–H groups in total. The zero-order valence-corrected chi connectivity index (χ0v) is 11.1. The Labute approximate surface area is 109 Å². The van der Waals surface area contributed by atoms with Gasteiger partial charge in [-0.2, -0.15) is 5.10 Å². The minimum Gasteiger partial charge on any atom is -0.253 e. The normalized spacial score (nSPS) is 11.0. The molecule has 0 aliphatic carbocycles. The fourth-order valence-electron chi connectivity index (χ4n) is 1.26. The van der Waals surface area contributed by atoms with Gasteiger partial charge in [0.2, 0.25) is 5.13 Å². The number of halogens is 1. The molecule has 0 aliphatic rings. The Morgan fingerprint density at radius 2 is 2.24 bits per heavy atom. The van der Waals surface area contributed by atoms with E-state index in [0.29, 0.717) is 0 Å². The second-order valence-corrected chi connectivity index (χ2v) is 4.94. The molecule has 1 aromatic carbocycles. The Morgan fingerprint density at radius 3 is 2.88 bits per heavy atom. The van der Waals surface area contributed by atoms with Crippen molar-refractivity contribution in [1.29, 1.82) is 0 Å². The number of nitrogens with zero attached hydrogens (tertiary/aromatic N) is 2. The lowest BCUT2D eigenvalue weighted by atomic mass is 10.2. The van der Waals surface area contributed by atoms with E-state index >= 15 is 0 Å². The molecule has 1 heterocycles.